The summed E-state index contributed by atoms with van der Waals surface area (Å²) >= 11 is 5.88. The number of rotatable bonds is 5. The predicted octanol–water partition coefficient (Wildman–Crippen LogP) is 5.25. The van der Waals surface area contributed by atoms with Crippen molar-refractivity contribution in [1.82, 2.24) is 9.97 Å². The van der Waals surface area contributed by atoms with E-state index in [0.717, 1.165) is 16.9 Å². The average molecular weight is 367 g/mol. The van der Waals surface area contributed by atoms with E-state index in [2.05, 4.69) is 34.4 Å². The van der Waals surface area contributed by atoms with Crippen LogP contribution in [0.3, 0.4) is 0 Å². The maximum atomic E-state index is 12.6. The van der Waals surface area contributed by atoms with Gasteiger partial charge in [-0.2, -0.15) is 0 Å². The lowest BCUT2D eigenvalue weighted by Crippen LogP contribution is -2.16. The summed E-state index contributed by atoms with van der Waals surface area (Å²) in [7, 11) is 0. The molecule has 1 amide bonds. The molecule has 26 heavy (non-hydrogen) atoms. The molecule has 0 spiro atoms. The molecule has 0 atom stereocenters. The summed E-state index contributed by atoms with van der Waals surface area (Å²) in [4.78, 5) is 21.0. The highest BCUT2D eigenvalue weighted by Gasteiger charge is 2.13. The van der Waals surface area contributed by atoms with E-state index in [1.807, 2.05) is 36.4 Å². The number of carbonyl (C=O) groups excluding carboxylic acids is 1. The van der Waals surface area contributed by atoms with Gasteiger partial charge in [0.1, 0.15) is 5.69 Å². The highest BCUT2D eigenvalue weighted by atomic mass is 35.5. The SMILES string of the molecule is CC(C)c1ccccc1NC(=O)c1ccnc(Nc2ccc(Cl)cc2)n1. The van der Waals surface area contributed by atoms with E-state index in [-0.39, 0.29) is 11.6 Å². The van der Waals surface area contributed by atoms with Gasteiger partial charge in [0.2, 0.25) is 5.95 Å². The van der Waals surface area contributed by atoms with Crippen molar-refractivity contribution in [2.24, 2.45) is 0 Å². The monoisotopic (exact) mass is 366 g/mol. The molecule has 3 rings (SSSR count). The number of hydrogen-bond donors (Lipinski definition) is 2. The number of hydrogen-bond acceptors (Lipinski definition) is 4. The summed E-state index contributed by atoms with van der Waals surface area (Å²) in [5.74, 6) is 0.371. The number of aromatic nitrogens is 2. The van der Waals surface area contributed by atoms with E-state index in [1.165, 1.54) is 0 Å². The first-order valence-electron chi connectivity index (χ1n) is 8.29. The van der Waals surface area contributed by atoms with Gasteiger partial charge in [0, 0.05) is 22.6 Å². The maximum absolute atomic E-state index is 12.6. The minimum atomic E-state index is -0.278. The number of carbonyl (C=O) groups is 1. The van der Waals surface area contributed by atoms with Gasteiger partial charge >= 0.3 is 0 Å². The number of benzene rings is 2. The van der Waals surface area contributed by atoms with Crippen molar-refractivity contribution in [3.63, 3.8) is 0 Å². The normalized spacial score (nSPS) is 10.6. The Labute approximate surface area is 157 Å². The van der Waals surface area contributed by atoms with Gasteiger partial charge in [-0.05, 0) is 47.9 Å². The molecule has 2 N–H and O–H groups in total. The molecule has 0 aliphatic heterocycles. The number of anilines is 3. The van der Waals surface area contributed by atoms with E-state index < -0.39 is 0 Å². The van der Waals surface area contributed by atoms with E-state index in [1.54, 1.807) is 24.4 Å². The third-order valence-electron chi connectivity index (χ3n) is 3.82. The molecule has 0 unspecified atom stereocenters. The lowest BCUT2D eigenvalue weighted by Gasteiger charge is -2.13. The Morgan fingerprint density at radius 2 is 1.77 bits per heavy atom. The van der Waals surface area contributed by atoms with E-state index in [4.69, 9.17) is 11.6 Å². The molecule has 1 aromatic heterocycles. The van der Waals surface area contributed by atoms with Gasteiger partial charge in [-0.15, -0.1) is 0 Å². The minimum Gasteiger partial charge on any atom is -0.324 e. The molecule has 0 fully saturated rings. The molecule has 0 saturated carbocycles. The first-order valence-corrected chi connectivity index (χ1v) is 8.66. The van der Waals surface area contributed by atoms with Crippen LogP contribution in [0.15, 0.2) is 60.8 Å². The summed E-state index contributed by atoms with van der Waals surface area (Å²) in [6.45, 7) is 4.17. The second kappa shape index (κ2) is 7.97. The molecule has 132 valence electrons. The minimum absolute atomic E-state index is 0.278. The third-order valence-corrected chi connectivity index (χ3v) is 4.07. The summed E-state index contributed by atoms with van der Waals surface area (Å²) in [6.07, 6.45) is 1.55. The number of nitrogens with one attached hydrogen (secondary N) is 2. The number of halogens is 1. The van der Waals surface area contributed by atoms with E-state index >= 15 is 0 Å². The lowest BCUT2D eigenvalue weighted by molar-refractivity contribution is 0.102. The quantitative estimate of drug-likeness (QED) is 0.647. The fraction of sp³-hybridized carbons (Fsp3) is 0.150. The van der Waals surface area contributed by atoms with Crippen LogP contribution in [-0.4, -0.2) is 15.9 Å². The molecule has 6 heteroatoms. The van der Waals surface area contributed by atoms with Gasteiger partial charge in [-0.3, -0.25) is 4.79 Å². The van der Waals surface area contributed by atoms with Crippen LogP contribution in [0.25, 0.3) is 0 Å². The van der Waals surface area contributed by atoms with Crippen LogP contribution < -0.4 is 10.6 Å². The van der Waals surface area contributed by atoms with Crippen LogP contribution in [0.4, 0.5) is 17.3 Å². The van der Waals surface area contributed by atoms with Gasteiger partial charge in [-0.1, -0.05) is 43.6 Å². The zero-order chi connectivity index (χ0) is 18.5. The molecular weight excluding hydrogens is 348 g/mol. The summed E-state index contributed by atoms with van der Waals surface area (Å²) in [6, 6.07) is 16.5. The first kappa shape index (κ1) is 17.9. The first-order chi connectivity index (χ1) is 12.5. The maximum Gasteiger partial charge on any atom is 0.274 e. The van der Waals surface area contributed by atoms with E-state index in [9.17, 15) is 4.79 Å². The Kier molecular flexibility index (Phi) is 5.49. The number of para-hydroxylation sites is 1. The molecule has 0 aliphatic rings. The number of amides is 1. The van der Waals surface area contributed by atoms with Crippen molar-refractivity contribution in [1.29, 1.82) is 0 Å². The summed E-state index contributed by atoms with van der Waals surface area (Å²) < 4.78 is 0. The van der Waals surface area contributed by atoms with Gasteiger partial charge in [0.25, 0.3) is 5.91 Å². The van der Waals surface area contributed by atoms with Crippen molar-refractivity contribution >= 4 is 34.8 Å². The van der Waals surface area contributed by atoms with E-state index in [0.29, 0.717) is 16.9 Å². The highest BCUT2D eigenvalue weighted by molar-refractivity contribution is 6.30. The van der Waals surface area contributed by atoms with Gasteiger partial charge in [-0.25, -0.2) is 9.97 Å². The smallest absolute Gasteiger partial charge is 0.274 e. The number of nitrogens with zero attached hydrogens (tertiary/aromatic N) is 2. The molecule has 0 bridgehead atoms. The Balaban J connectivity index is 1.77. The Bertz CT molecular complexity index is 910. The fourth-order valence-electron chi connectivity index (χ4n) is 2.51. The molecular formula is C20H19ClN4O. The molecule has 1 heterocycles. The van der Waals surface area contributed by atoms with Crippen LogP contribution in [0, 0.1) is 0 Å². The highest BCUT2D eigenvalue weighted by Crippen LogP contribution is 2.24. The topological polar surface area (TPSA) is 66.9 Å². The zero-order valence-corrected chi connectivity index (χ0v) is 15.3. The second-order valence-electron chi connectivity index (χ2n) is 6.09. The Morgan fingerprint density at radius 3 is 2.50 bits per heavy atom. The van der Waals surface area contributed by atoms with Crippen molar-refractivity contribution in [3.8, 4) is 0 Å². The van der Waals surface area contributed by atoms with Gasteiger partial charge < -0.3 is 10.6 Å². The molecule has 3 aromatic rings. The van der Waals surface area contributed by atoms with Crippen molar-refractivity contribution in [2.45, 2.75) is 19.8 Å². The molecule has 5 nitrogen and oxygen atoms in total. The zero-order valence-electron chi connectivity index (χ0n) is 14.5. The Hall–Kier alpha value is -2.92. The summed E-state index contributed by atoms with van der Waals surface area (Å²) in [5.41, 5.74) is 2.94. The largest absolute Gasteiger partial charge is 0.324 e. The fourth-order valence-corrected chi connectivity index (χ4v) is 2.63. The molecule has 2 aromatic carbocycles. The van der Waals surface area contributed by atoms with Crippen molar-refractivity contribution in [3.05, 3.63) is 77.1 Å². The standard InChI is InChI=1S/C20H19ClN4O/c1-13(2)16-5-3-4-6-17(16)24-19(26)18-11-12-22-20(25-18)23-15-9-7-14(21)8-10-15/h3-13H,1-2H3,(H,24,26)(H,22,23,25). The van der Waals surface area contributed by atoms with Gasteiger partial charge in [0.05, 0.1) is 0 Å². The third kappa shape index (κ3) is 4.37. The molecule has 0 aliphatic carbocycles. The van der Waals surface area contributed by atoms with Gasteiger partial charge in [0.15, 0.2) is 0 Å². The Morgan fingerprint density at radius 1 is 1.04 bits per heavy atom. The van der Waals surface area contributed by atoms with Crippen LogP contribution in [0.1, 0.15) is 35.8 Å². The molecule has 0 radical (unpaired) electrons. The summed E-state index contributed by atoms with van der Waals surface area (Å²) in [5, 5.41) is 6.64. The lowest BCUT2D eigenvalue weighted by atomic mass is 10.0. The van der Waals surface area contributed by atoms with Crippen LogP contribution >= 0.6 is 11.6 Å². The van der Waals surface area contributed by atoms with Crippen LogP contribution in [0.2, 0.25) is 5.02 Å². The average Bonchev–Trinajstić information content (AvgIpc) is 2.64. The van der Waals surface area contributed by atoms with Crippen molar-refractivity contribution in [2.75, 3.05) is 10.6 Å². The molecule has 0 saturated heterocycles. The predicted molar refractivity (Wildman–Crippen MR) is 105 cm³/mol. The second-order valence-corrected chi connectivity index (χ2v) is 6.53. The van der Waals surface area contributed by atoms with Crippen LogP contribution in [0.5, 0.6) is 0 Å². The van der Waals surface area contributed by atoms with Crippen molar-refractivity contribution < 1.29 is 4.79 Å². The van der Waals surface area contributed by atoms with Crippen LogP contribution in [-0.2, 0) is 0 Å².